The Balaban J connectivity index is 2.17. The lowest BCUT2D eigenvalue weighted by Gasteiger charge is -2.15. The van der Waals surface area contributed by atoms with E-state index in [0.29, 0.717) is 5.56 Å². The fraction of sp³-hybridized carbons (Fsp3) is 0.182. The number of aromatic nitrogens is 2. The molecule has 3 N–H and O–H groups in total. The summed E-state index contributed by atoms with van der Waals surface area (Å²) in [6.45, 7) is 1.87. The molecular formula is C11H12FN3O. The van der Waals surface area contributed by atoms with Crippen molar-refractivity contribution in [3.8, 4) is 5.75 Å². The second-order valence-corrected chi connectivity index (χ2v) is 3.56. The summed E-state index contributed by atoms with van der Waals surface area (Å²) in [5, 5.41) is 19.2. The lowest BCUT2D eigenvalue weighted by atomic mass is 10.1. The van der Waals surface area contributed by atoms with E-state index >= 15 is 0 Å². The van der Waals surface area contributed by atoms with Crippen molar-refractivity contribution in [3.63, 3.8) is 0 Å². The number of hydrogen-bond acceptors (Lipinski definition) is 3. The van der Waals surface area contributed by atoms with Crippen LogP contribution in [0.3, 0.4) is 0 Å². The van der Waals surface area contributed by atoms with Crippen LogP contribution in [0.5, 0.6) is 5.75 Å². The van der Waals surface area contributed by atoms with Crippen LogP contribution in [0.1, 0.15) is 18.5 Å². The number of halogens is 1. The van der Waals surface area contributed by atoms with E-state index in [1.807, 2.05) is 6.92 Å². The van der Waals surface area contributed by atoms with Crippen LogP contribution >= 0.6 is 0 Å². The molecule has 5 heteroatoms. The van der Waals surface area contributed by atoms with Crippen LogP contribution in [0.2, 0.25) is 0 Å². The van der Waals surface area contributed by atoms with Gasteiger partial charge in [-0.2, -0.15) is 5.10 Å². The van der Waals surface area contributed by atoms with Gasteiger partial charge in [0.05, 0.1) is 17.9 Å². The molecule has 0 spiro atoms. The molecule has 0 saturated carbocycles. The molecule has 0 fully saturated rings. The number of benzene rings is 1. The molecule has 0 radical (unpaired) electrons. The zero-order valence-electron chi connectivity index (χ0n) is 8.74. The minimum atomic E-state index is -0.447. The first-order valence-electron chi connectivity index (χ1n) is 4.90. The van der Waals surface area contributed by atoms with E-state index < -0.39 is 5.82 Å². The lowest BCUT2D eigenvalue weighted by molar-refractivity contribution is 0.459. The maximum atomic E-state index is 12.8. The van der Waals surface area contributed by atoms with Crippen LogP contribution in [0.25, 0.3) is 0 Å². The van der Waals surface area contributed by atoms with Gasteiger partial charge in [0.25, 0.3) is 0 Å². The van der Waals surface area contributed by atoms with Crippen molar-refractivity contribution in [1.29, 1.82) is 0 Å². The van der Waals surface area contributed by atoms with E-state index in [4.69, 9.17) is 0 Å². The first-order chi connectivity index (χ1) is 7.66. The second-order valence-electron chi connectivity index (χ2n) is 3.56. The summed E-state index contributed by atoms with van der Waals surface area (Å²) in [6.07, 6.45) is 3.34. The molecule has 1 heterocycles. The van der Waals surface area contributed by atoms with Gasteiger partial charge in [-0.05, 0) is 13.0 Å². The zero-order valence-corrected chi connectivity index (χ0v) is 8.74. The van der Waals surface area contributed by atoms with Crippen LogP contribution in [0.4, 0.5) is 10.1 Å². The van der Waals surface area contributed by atoms with Crippen LogP contribution < -0.4 is 5.32 Å². The number of aromatic amines is 1. The number of anilines is 1. The van der Waals surface area contributed by atoms with Crippen LogP contribution in [-0.2, 0) is 0 Å². The number of phenolic OH excluding ortho intramolecular Hbond substituents is 1. The summed E-state index contributed by atoms with van der Waals surface area (Å²) in [7, 11) is 0. The Hall–Kier alpha value is -2.04. The monoisotopic (exact) mass is 221 g/mol. The van der Waals surface area contributed by atoms with Gasteiger partial charge in [-0.25, -0.2) is 4.39 Å². The molecule has 84 valence electrons. The first-order valence-corrected chi connectivity index (χ1v) is 4.90. The summed E-state index contributed by atoms with van der Waals surface area (Å²) in [6, 6.07) is 3.85. The van der Waals surface area contributed by atoms with Gasteiger partial charge in [0.2, 0.25) is 0 Å². The highest BCUT2D eigenvalue weighted by Crippen LogP contribution is 2.27. The third-order valence-corrected chi connectivity index (χ3v) is 2.34. The number of nitrogens with one attached hydrogen (secondary N) is 2. The van der Waals surface area contributed by atoms with E-state index in [9.17, 15) is 9.50 Å². The highest BCUT2D eigenvalue weighted by Gasteiger charge is 2.11. The van der Waals surface area contributed by atoms with Crippen molar-refractivity contribution >= 4 is 5.69 Å². The molecule has 2 rings (SSSR count). The lowest BCUT2D eigenvalue weighted by Crippen LogP contribution is -2.06. The van der Waals surface area contributed by atoms with E-state index in [1.54, 1.807) is 18.5 Å². The normalized spacial score (nSPS) is 12.4. The molecule has 1 unspecified atom stereocenters. The smallest absolute Gasteiger partial charge is 0.126 e. The first kappa shape index (κ1) is 10.5. The van der Waals surface area contributed by atoms with Crippen LogP contribution in [0, 0.1) is 5.82 Å². The topological polar surface area (TPSA) is 60.9 Å². The summed E-state index contributed by atoms with van der Waals surface area (Å²) >= 11 is 0. The van der Waals surface area contributed by atoms with Gasteiger partial charge in [-0.1, -0.05) is 6.07 Å². The average molecular weight is 221 g/mol. The second kappa shape index (κ2) is 4.22. The van der Waals surface area contributed by atoms with Gasteiger partial charge in [0.15, 0.2) is 0 Å². The quantitative estimate of drug-likeness (QED) is 0.746. The molecule has 1 atom stereocenters. The van der Waals surface area contributed by atoms with Gasteiger partial charge >= 0.3 is 0 Å². The summed E-state index contributed by atoms with van der Waals surface area (Å²) in [5.41, 5.74) is 1.46. The molecule has 2 aromatic rings. The Morgan fingerprint density at radius 1 is 1.50 bits per heavy atom. The third-order valence-electron chi connectivity index (χ3n) is 2.34. The standard InChI is InChI=1S/C11H12FN3O/c1-7(15-9-5-13-14-6-9)10-3-2-8(12)4-11(10)16/h2-7,15-16H,1H3,(H,13,14). The van der Waals surface area contributed by atoms with Gasteiger partial charge in [0, 0.05) is 17.8 Å². The van der Waals surface area contributed by atoms with E-state index in [0.717, 1.165) is 11.8 Å². The van der Waals surface area contributed by atoms with Crippen molar-refractivity contribution in [1.82, 2.24) is 10.2 Å². The minimum absolute atomic E-state index is 0.0523. The fourth-order valence-electron chi connectivity index (χ4n) is 1.54. The Labute approximate surface area is 92.1 Å². The molecule has 0 aliphatic heterocycles. The van der Waals surface area contributed by atoms with Crippen molar-refractivity contribution in [2.75, 3.05) is 5.32 Å². The molecule has 0 saturated heterocycles. The molecule has 0 bridgehead atoms. The summed E-state index contributed by atoms with van der Waals surface area (Å²) in [4.78, 5) is 0. The number of nitrogens with zero attached hydrogens (tertiary/aromatic N) is 1. The van der Waals surface area contributed by atoms with Crippen molar-refractivity contribution in [3.05, 3.63) is 42.0 Å². The third kappa shape index (κ3) is 2.13. The Kier molecular flexibility index (Phi) is 2.76. The SMILES string of the molecule is CC(Nc1cn[nH]c1)c1ccc(F)cc1O. The maximum Gasteiger partial charge on any atom is 0.126 e. The Morgan fingerprint density at radius 3 is 2.94 bits per heavy atom. The Bertz CT molecular complexity index is 470. The molecule has 0 aliphatic rings. The summed E-state index contributed by atoms with van der Waals surface area (Å²) < 4.78 is 12.8. The van der Waals surface area contributed by atoms with Gasteiger partial charge in [0.1, 0.15) is 11.6 Å². The number of rotatable bonds is 3. The van der Waals surface area contributed by atoms with Crippen molar-refractivity contribution < 1.29 is 9.50 Å². The minimum Gasteiger partial charge on any atom is -0.507 e. The van der Waals surface area contributed by atoms with Crippen LogP contribution in [0.15, 0.2) is 30.6 Å². The molecule has 4 nitrogen and oxygen atoms in total. The fourth-order valence-corrected chi connectivity index (χ4v) is 1.54. The molecule has 0 aliphatic carbocycles. The molecular weight excluding hydrogens is 209 g/mol. The van der Waals surface area contributed by atoms with E-state index in [2.05, 4.69) is 15.5 Å². The van der Waals surface area contributed by atoms with Crippen LogP contribution in [-0.4, -0.2) is 15.3 Å². The van der Waals surface area contributed by atoms with E-state index in [-0.39, 0.29) is 11.8 Å². The van der Waals surface area contributed by atoms with Gasteiger partial charge in [-0.15, -0.1) is 0 Å². The molecule has 1 aromatic carbocycles. The zero-order chi connectivity index (χ0) is 11.5. The summed E-state index contributed by atoms with van der Waals surface area (Å²) in [5.74, 6) is -0.500. The number of aromatic hydroxyl groups is 1. The van der Waals surface area contributed by atoms with Gasteiger partial charge in [-0.3, -0.25) is 5.10 Å². The average Bonchev–Trinajstić information content (AvgIpc) is 2.70. The molecule has 1 aromatic heterocycles. The molecule has 0 amide bonds. The van der Waals surface area contributed by atoms with Crippen molar-refractivity contribution in [2.24, 2.45) is 0 Å². The highest BCUT2D eigenvalue weighted by atomic mass is 19.1. The largest absolute Gasteiger partial charge is 0.507 e. The maximum absolute atomic E-state index is 12.8. The number of H-pyrrole nitrogens is 1. The van der Waals surface area contributed by atoms with Gasteiger partial charge < -0.3 is 10.4 Å². The molecule has 16 heavy (non-hydrogen) atoms. The van der Waals surface area contributed by atoms with Crippen molar-refractivity contribution in [2.45, 2.75) is 13.0 Å². The highest BCUT2D eigenvalue weighted by molar-refractivity contribution is 5.44. The predicted octanol–water partition coefficient (Wildman–Crippen LogP) is 2.43. The van der Waals surface area contributed by atoms with E-state index in [1.165, 1.54) is 6.07 Å². The number of phenols is 1. The number of hydrogen-bond donors (Lipinski definition) is 3. The Morgan fingerprint density at radius 2 is 2.31 bits per heavy atom. The predicted molar refractivity (Wildman–Crippen MR) is 58.7 cm³/mol.